The molecule has 0 bridgehead atoms. The molecule has 0 saturated heterocycles. The van der Waals surface area contributed by atoms with Gasteiger partial charge in [0.25, 0.3) is 5.56 Å². The molecule has 0 aliphatic carbocycles. The molecule has 1 aromatic heterocycles. The van der Waals surface area contributed by atoms with Crippen LogP contribution in [0.2, 0.25) is 0 Å². The monoisotopic (exact) mass is 195 g/mol. The molecule has 0 aliphatic heterocycles. The smallest absolute Gasteiger partial charge is 0.252 e. The first-order chi connectivity index (χ1) is 6.61. The second-order valence-corrected chi connectivity index (χ2v) is 2.64. The number of aldehydes is 1. The summed E-state index contributed by atoms with van der Waals surface area (Å²) in [6.45, 7) is 1.30. The van der Waals surface area contributed by atoms with E-state index in [-0.39, 0.29) is 18.3 Å². The molecule has 6 nitrogen and oxygen atoms in total. The van der Waals surface area contributed by atoms with Crippen molar-refractivity contribution in [3.8, 4) is 0 Å². The van der Waals surface area contributed by atoms with Crippen molar-refractivity contribution in [2.24, 2.45) is 0 Å². The summed E-state index contributed by atoms with van der Waals surface area (Å²) in [6.07, 6.45) is 0.690. The number of hydrogen-bond acceptors (Lipinski definition) is 4. The van der Waals surface area contributed by atoms with E-state index in [4.69, 9.17) is 0 Å². The van der Waals surface area contributed by atoms with Gasteiger partial charge in [-0.3, -0.25) is 19.9 Å². The quantitative estimate of drug-likeness (QED) is 0.634. The molecule has 0 saturated carbocycles. The Morgan fingerprint density at radius 2 is 2.43 bits per heavy atom. The minimum atomic E-state index is -0.402. The van der Waals surface area contributed by atoms with Crippen LogP contribution in [0, 0.1) is 0 Å². The summed E-state index contributed by atoms with van der Waals surface area (Å²) in [4.78, 5) is 38.0. The van der Waals surface area contributed by atoms with Gasteiger partial charge in [-0.2, -0.15) is 0 Å². The van der Waals surface area contributed by atoms with Gasteiger partial charge in [-0.15, -0.1) is 0 Å². The molecule has 74 valence electrons. The van der Waals surface area contributed by atoms with E-state index < -0.39 is 5.56 Å². The summed E-state index contributed by atoms with van der Waals surface area (Å²) in [5, 5.41) is 2.32. The number of hydrogen-bond donors (Lipinski definition) is 2. The van der Waals surface area contributed by atoms with Crippen LogP contribution in [0.1, 0.15) is 12.6 Å². The van der Waals surface area contributed by atoms with E-state index in [1.165, 1.54) is 13.0 Å². The van der Waals surface area contributed by atoms with Crippen molar-refractivity contribution in [2.75, 3.05) is 5.32 Å². The third kappa shape index (κ3) is 2.81. The van der Waals surface area contributed by atoms with E-state index in [9.17, 15) is 14.4 Å². The number of aromatic amines is 1. The van der Waals surface area contributed by atoms with Crippen molar-refractivity contribution in [2.45, 2.75) is 13.3 Å². The van der Waals surface area contributed by atoms with Gasteiger partial charge in [-0.05, 0) is 0 Å². The molecule has 0 unspecified atom stereocenters. The lowest BCUT2D eigenvalue weighted by molar-refractivity contribution is -0.114. The van der Waals surface area contributed by atoms with Gasteiger partial charge in [0.1, 0.15) is 6.29 Å². The van der Waals surface area contributed by atoms with Crippen LogP contribution < -0.4 is 10.9 Å². The number of carbonyl (C=O) groups is 2. The molecule has 0 aliphatic rings. The number of nitrogens with zero attached hydrogens (tertiary/aromatic N) is 1. The number of nitrogens with one attached hydrogen (secondary N) is 2. The molecular formula is C8H9N3O3. The topological polar surface area (TPSA) is 91.9 Å². The maximum atomic E-state index is 11.0. The van der Waals surface area contributed by atoms with Crippen LogP contribution in [0.25, 0.3) is 0 Å². The Hall–Kier alpha value is -1.98. The zero-order valence-electron chi connectivity index (χ0n) is 7.53. The fraction of sp³-hybridized carbons (Fsp3) is 0.250. The average molecular weight is 195 g/mol. The molecule has 14 heavy (non-hydrogen) atoms. The highest BCUT2D eigenvalue weighted by molar-refractivity contribution is 5.86. The molecule has 6 heteroatoms. The third-order valence-electron chi connectivity index (χ3n) is 1.38. The van der Waals surface area contributed by atoms with Crippen molar-refractivity contribution in [3.63, 3.8) is 0 Å². The third-order valence-corrected chi connectivity index (χ3v) is 1.38. The number of amides is 1. The number of carbonyl (C=O) groups excluding carboxylic acids is 2. The van der Waals surface area contributed by atoms with Crippen molar-refractivity contribution in [1.82, 2.24) is 9.97 Å². The lowest BCUT2D eigenvalue weighted by Crippen LogP contribution is -2.16. The lowest BCUT2D eigenvalue weighted by Gasteiger charge is -2.01. The Morgan fingerprint density at radius 3 is 3.00 bits per heavy atom. The van der Waals surface area contributed by atoms with Crippen LogP contribution in [-0.4, -0.2) is 22.2 Å². The predicted octanol–water partition coefficient (Wildman–Crippen LogP) is -0.530. The SMILES string of the molecule is CC(=O)Nc1nc(CC=O)cc(=O)[nH]1. The van der Waals surface area contributed by atoms with Gasteiger partial charge in [-0.1, -0.05) is 0 Å². The van der Waals surface area contributed by atoms with E-state index in [1.807, 2.05) is 0 Å². The first-order valence-corrected chi connectivity index (χ1v) is 3.93. The summed E-state index contributed by atoms with van der Waals surface area (Å²) < 4.78 is 0. The minimum Gasteiger partial charge on any atom is -0.303 e. The molecule has 0 radical (unpaired) electrons. The highest BCUT2D eigenvalue weighted by Gasteiger charge is 2.01. The van der Waals surface area contributed by atoms with Crippen LogP contribution in [-0.2, 0) is 16.0 Å². The maximum Gasteiger partial charge on any atom is 0.252 e. The van der Waals surface area contributed by atoms with Crippen molar-refractivity contribution < 1.29 is 9.59 Å². The second kappa shape index (κ2) is 4.31. The molecule has 0 spiro atoms. The fourth-order valence-electron chi connectivity index (χ4n) is 0.924. The van der Waals surface area contributed by atoms with Crippen LogP contribution in [0.15, 0.2) is 10.9 Å². The Balaban J connectivity index is 3.00. The van der Waals surface area contributed by atoms with Gasteiger partial charge in [-0.25, -0.2) is 4.98 Å². The molecule has 0 fully saturated rings. The number of anilines is 1. The molecule has 0 atom stereocenters. The average Bonchev–Trinajstić information content (AvgIpc) is 2.01. The van der Waals surface area contributed by atoms with E-state index in [0.29, 0.717) is 12.0 Å². The molecule has 1 rings (SSSR count). The van der Waals surface area contributed by atoms with Crippen LogP contribution in [0.4, 0.5) is 5.95 Å². The normalized spacial score (nSPS) is 9.50. The fourth-order valence-corrected chi connectivity index (χ4v) is 0.924. The first-order valence-electron chi connectivity index (χ1n) is 3.93. The number of H-pyrrole nitrogens is 1. The van der Waals surface area contributed by atoms with Gasteiger partial charge < -0.3 is 4.79 Å². The zero-order chi connectivity index (χ0) is 10.6. The predicted molar refractivity (Wildman–Crippen MR) is 48.9 cm³/mol. The second-order valence-electron chi connectivity index (χ2n) is 2.64. The Morgan fingerprint density at radius 1 is 1.71 bits per heavy atom. The van der Waals surface area contributed by atoms with E-state index >= 15 is 0 Å². The number of aromatic nitrogens is 2. The Labute approximate surface area is 79.4 Å². The summed E-state index contributed by atoms with van der Waals surface area (Å²) in [5.74, 6) is -0.279. The zero-order valence-corrected chi connectivity index (χ0v) is 7.53. The molecule has 1 heterocycles. The Bertz CT molecular complexity index is 411. The highest BCUT2D eigenvalue weighted by atomic mass is 16.2. The van der Waals surface area contributed by atoms with Crippen LogP contribution in [0.3, 0.4) is 0 Å². The van der Waals surface area contributed by atoms with Gasteiger partial charge >= 0.3 is 0 Å². The molecule has 0 aromatic carbocycles. The summed E-state index contributed by atoms with van der Waals surface area (Å²) in [5.41, 5.74) is -0.0758. The number of rotatable bonds is 3. The standard InChI is InChI=1S/C8H9N3O3/c1-5(13)9-8-10-6(2-3-12)4-7(14)11-8/h3-4H,2H2,1H3,(H2,9,10,11,13,14). The molecule has 2 N–H and O–H groups in total. The highest BCUT2D eigenvalue weighted by Crippen LogP contribution is 1.96. The molecule has 1 aromatic rings. The molecular weight excluding hydrogens is 186 g/mol. The van der Waals surface area contributed by atoms with Gasteiger partial charge in [0.2, 0.25) is 11.9 Å². The van der Waals surface area contributed by atoms with Gasteiger partial charge in [0.15, 0.2) is 0 Å². The summed E-state index contributed by atoms with van der Waals surface area (Å²) in [7, 11) is 0. The van der Waals surface area contributed by atoms with Crippen LogP contribution >= 0.6 is 0 Å². The lowest BCUT2D eigenvalue weighted by atomic mass is 10.3. The van der Waals surface area contributed by atoms with Gasteiger partial charge in [0.05, 0.1) is 5.69 Å². The van der Waals surface area contributed by atoms with E-state index in [0.717, 1.165) is 0 Å². The summed E-state index contributed by atoms with van der Waals surface area (Å²) >= 11 is 0. The largest absolute Gasteiger partial charge is 0.303 e. The van der Waals surface area contributed by atoms with Crippen molar-refractivity contribution in [3.05, 3.63) is 22.1 Å². The van der Waals surface area contributed by atoms with E-state index in [1.54, 1.807) is 0 Å². The van der Waals surface area contributed by atoms with Gasteiger partial charge in [0, 0.05) is 19.4 Å². The Kier molecular flexibility index (Phi) is 3.11. The van der Waals surface area contributed by atoms with Crippen LogP contribution in [0.5, 0.6) is 0 Å². The minimum absolute atomic E-state index is 0.0521. The van der Waals surface area contributed by atoms with E-state index in [2.05, 4.69) is 15.3 Å². The summed E-state index contributed by atoms with van der Waals surface area (Å²) in [6, 6.07) is 1.21. The maximum absolute atomic E-state index is 11.0. The van der Waals surface area contributed by atoms with Crippen molar-refractivity contribution in [1.29, 1.82) is 0 Å². The molecule has 1 amide bonds. The first kappa shape index (κ1) is 10.1. The van der Waals surface area contributed by atoms with Crippen molar-refractivity contribution >= 4 is 18.1 Å².